The van der Waals surface area contributed by atoms with Gasteiger partial charge in [0.1, 0.15) is 22.8 Å². The fraction of sp³-hybridized carbons (Fsp3) is 0.0833. The third kappa shape index (κ3) is 4.41. The highest BCUT2D eigenvalue weighted by Gasteiger charge is 2.37. The number of imide groups is 2. The molecule has 0 unspecified atom stereocenters. The van der Waals surface area contributed by atoms with E-state index in [2.05, 4.69) is 5.32 Å². The molecule has 2 aromatic carbocycles. The van der Waals surface area contributed by atoms with Gasteiger partial charge in [-0.1, -0.05) is 17.7 Å². The number of furan rings is 1. The first-order valence-corrected chi connectivity index (χ1v) is 10.4. The molecule has 1 aromatic heterocycles. The van der Waals surface area contributed by atoms with Crippen molar-refractivity contribution in [2.75, 3.05) is 11.5 Å². The topological polar surface area (TPSA) is 126 Å². The van der Waals surface area contributed by atoms with E-state index in [4.69, 9.17) is 20.8 Å². The van der Waals surface area contributed by atoms with Gasteiger partial charge in [-0.15, -0.1) is 0 Å². The van der Waals surface area contributed by atoms with Gasteiger partial charge < -0.3 is 14.3 Å². The number of urea groups is 1. The number of aromatic carboxylic acids is 1. The molecule has 10 heteroatoms. The molecule has 1 fully saturated rings. The van der Waals surface area contributed by atoms with Crippen molar-refractivity contribution in [2.24, 2.45) is 0 Å². The molecule has 0 saturated carbocycles. The molecular formula is C24H17ClN2O7. The van der Waals surface area contributed by atoms with Gasteiger partial charge in [-0.3, -0.25) is 14.9 Å². The Morgan fingerprint density at radius 2 is 1.94 bits per heavy atom. The maximum Gasteiger partial charge on any atom is 0.335 e. The van der Waals surface area contributed by atoms with E-state index in [1.165, 1.54) is 48.5 Å². The summed E-state index contributed by atoms with van der Waals surface area (Å²) < 4.78 is 11.1. The summed E-state index contributed by atoms with van der Waals surface area (Å²) in [4.78, 5) is 50.0. The van der Waals surface area contributed by atoms with Crippen LogP contribution in [0.4, 0.5) is 10.5 Å². The van der Waals surface area contributed by atoms with Gasteiger partial charge in [0.15, 0.2) is 0 Å². The van der Waals surface area contributed by atoms with Crippen molar-refractivity contribution >= 4 is 47.2 Å². The lowest BCUT2D eigenvalue weighted by Gasteiger charge is -2.26. The van der Waals surface area contributed by atoms with E-state index in [1.54, 1.807) is 19.1 Å². The van der Waals surface area contributed by atoms with Gasteiger partial charge in [0.25, 0.3) is 11.8 Å². The third-order valence-corrected chi connectivity index (χ3v) is 5.21. The Kier molecular flexibility index (Phi) is 6.20. The molecule has 4 amide bonds. The van der Waals surface area contributed by atoms with Crippen molar-refractivity contribution in [3.63, 3.8) is 0 Å². The lowest BCUT2D eigenvalue weighted by molar-refractivity contribution is -0.122. The minimum absolute atomic E-state index is 0.0148. The lowest BCUT2D eigenvalue weighted by Crippen LogP contribution is -2.54. The number of anilines is 1. The second kappa shape index (κ2) is 9.24. The van der Waals surface area contributed by atoms with Crippen LogP contribution in [0.2, 0.25) is 5.02 Å². The Labute approximate surface area is 198 Å². The average Bonchev–Trinajstić information content (AvgIpc) is 3.25. The van der Waals surface area contributed by atoms with Crippen molar-refractivity contribution in [3.8, 4) is 17.1 Å². The first kappa shape index (κ1) is 22.8. The number of carbonyl (C=O) groups excluding carboxylic acids is 3. The number of carbonyl (C=O) groups is 4. The number of hydrogen-bond donors (Lipinski definition) is 2. The number of nitrogens with zero attached hydrogens (tertiary/aromatic N) is 1. The molecule has 9 nitrogen and oxygen atoms in total. The van der Waals surface area contributed by atoms with Gasteiger partial charge in [-0.2, -0.15) is 0 Å². The fourth-order valence-corrected chi connectivity index (χ4v) is 3.55. The van der Waals surface area contributed by atoms with E-state index in [1.807, 2.05) is 0 Å². The van der Waals surface area contributed by atoms with Crippen LogP contribution in [0.5, 0.6) is 5.75 Å². The van der Waals surface area contributed by atoms with E-state index < -0.39 is 23.8 Å². The number of halogens is 1. The minimum Gasteiger partial charge on any atom is -0.494 e. The van der Waals surface area contributed by atoms with Crippen LogP contribution in [0.25, 0.3) is 17.4 Å². The van der Waals surface area contributed by atoms with Crippen LogP contribution in [-0.4, -0.2) is 35.5 Å². The highest BCUT2D eigenvalue weighted by molar-refractivity contribution is 6.39. The normalized spacial score (nSPS) is 14.9. The number of ether oxygens (including phenoxy) is 1. The molecule has 0 atom stereocenters. The number of carboxylic acid groups (broad SMARTS) is 1. The lowest BCUT2D eigenvalue weighted by atomic mass is 10.1. The second-order valence-electron chi connectivity index (χ2n) is 7.09. The number of amides is 4. The molecule has 2 heterocycles. The van der Waals surface area contributed by atoms with Gasteiger partial charge >= 0.3 is 12.0 Å². The molecular weight excluding hydrogens is 464 g/mol. The number of carboxylic acids is 1. The summed E-state index contributed by atoms with van der Waals surface area (Å²) in [5.41, 5.74) is 0.244. The first-order chi connectivity index (χ1) is 16.3. The van der Waals surface area contributed by atoms with Gasteiger partial charge in [-0.25, -0.2) is 14.5 Å². The molecule has 34 heavy (non-hydrogen) atoms. The van der Waals surface area contributed by atoms with Crippen LogP contribution in [0.15, 0.2) is 64.6 Å². The average molecular weight is 481 g/mol. The van der Waals surface area contributed by atoms with Crippen LogP contribution in [0, 0.1) is 0 Å². The zero-order valence-electron chi connectivity index (χ0n) is 17.7. The van der Waals surface area contributed by atoms with E-state index in [9.17, 15) is 24.3 Å². The van der Waals surface area contributed by atoms with E-state index in [0.717, 1.165) is 4.90 Å². The van der Waals surface area contributed by atoms with E-state index in [0.29, 0.717) is 17.9 Å². The summed E-state index contributed by atoms with van der Waals surface area (Å²) in [6.07, 6.45) is 1.20. The van der Waals surface area contributed by atoms with Gasteiger partial charge in [0.2, 0.25) is 0 Å². The molecule has 1 aliphatic heterocycles. The second-order valence-corrected chi connectivity index (χ2v) is 7.50. The molecule has 172 valence electrons. The maximum absolute atomic E-state index is 13.1. The number of rotatable bonds is 6. The predicted octanol–water partition coefficient (Wildman–Crippen LogP) is 4.36. The predicted molar refractivity (Wildman–Crippen MR) is 123 cm³/mol. The summed E-state index contributed by atoms with van der Waals surface area (Å²) in [6.45, 7) is 2.20. The smallest absolute Gasteiger partial charge is 0.335 e. The first-order valence-electron chi connectivity index (χ1n) is 10.1. The Balaban J connectivity index is 1.68. The van der Waals surface area contributed by atoms with Crippen molar-refractivity contribution in [3.05, 3.63) is 76.5 Å². The van der Waals surface area contributed by atoms with E-state index >= 15 is 0 Å². The molecule has 3 aromatic rings. The Morgan fingerprint density at radius 1 is 1.15 bits per heavy atom. The SMILES string of the molecule is CCOc1cccc(N2C(=O)NC(=O)C(=Cc3ccc(-c4cc(C(=O)O)ccc4Cl)o3)C2=O)c1. The Hall–Kier alpha value is -4.37. The highest BCUT2D eigenvalue weighted by atomic mass is 35.5. The quantitative estimate of drug-likeness (QED) is 0.396. The monoisotopic (exact) mass is 480 g/mol. The summed E-state index contributed by atoms with van der Waals surface area (Å²) in [5.74, 6) is -2.03. The van der Waals surface area contributed by atoms with Crippen molar-refractivity contribution in [2.45, 2.75) is 6.92 Å². The van der Waals surface area contributed by atoms with Gasteiger partial charge in [0.05, 0.1) is 22.9 Å². The fourth-order valence-electron chi connectivity index (χ4n) is 3.34. The summed E-state index contributed by atoms with van der Waals surface area (Å²) in [6, 6.07) is 12.6. The van der Waals surface area contributed by atoms with E-state index in [-0.39, 0.29) is 33.4 Å². The van der Waals surface area contributed by atoms with Crippen LogP contribution in [-0.2, 0) is 9.59 Å². The number of barbiturate groups is 1. The Bertz CT molecular complexity index is 1360. The maximum atomic E-state index is 13.1. The largest absolute Gasteiger partial charge is 0.494 e. The molecule has 0 bridgehead atoms. The van der Waals surface area contributed by atoms with Gasteiger partial charge in [0, 0.05) is 11.6 Å². The van der Waals surface area contributed by atoms with Crippen LogP contribution in [0.1, 0.15) is 23.0 Å². The molecule has 4 rings (SSSR count). The van der Waals surface area contributed by atoms with Crippen LogP contribution < -0.4 is 15.0 Å². The minimum atomic E-state index is -1.13. The summed E-state index contributed by atoms with van der Waals surface area (Å²) >= 11 is 6.18. The molecule has 2 N–H and O–H groups in total. The molecule has 0 aliphatic carbocycles. The Morgan fingerprint density at radius 3 is 2.68 bits per heavy atom. The number of hydrogen-bond acceptors (Lipinski definition) is 6. The standard InChI is InChI=1S/C24H17ClN2O7/c1-2-33-15-5-3-4-14(11-15)27-22(29)18(21(28)26-24(27)32)12-16-7-9-20(34-16)17-10-13(23(30)31)6-8-19(17)25/h3-12H,2H2,1H3,(H,30,31)(H,26,28,32). The van der Waals surface area contributed by atoms with Crippen molar-refractivity contribution < 1.29 is 33.4 Å². The zero-order valence-corrected chi connectivity index (χ0v) is 18.5. The van der Waals surface area contributed by atoms with Crippen molar-refractivity contribution in [1.29, 1.82) is 0 Å². The van der Waals surface area contributed by atoms with Crippen LogP contribution >= 0.6 is 11.6 Å². The zero-order chi connectivity index (χ0) is 24.4. The molecule has 0 radical (unpaired) electrons. The molecule has 0 spiro atoms. The number of benzene rings is 2. The molecule has 1 saturated heterocycles. The van der Waals surface area contributed by atoms with Gasteiger partial charge in [-0.05, 0) is 55.5 Å². The molecule has 1 aliphatic rings. The number of nitrogens with one attached hydrogen (secondary N) is 1. The highest BCUT2D eigenvalue weighted by Crippen LogP contribution is 2.32. The summed E-state index contributed by atoms with van der Waals surface area (Å²) in [5, 5.41) is 11.6. The van der Waals surface area contributed by atoms with Crippen LogP contribution in [0.3, 0.4) is 0 Å². The summed E-state index contributed by atoms with van der Waals surface area (Å²) in [7, 11) is 0. The van der Waals surface area contributed by atoms with Crippen molar-refractivity contribution in [1.82, 2.24) is 5.32 Å². The third-order valence-electron chi connectivity index (χ3n) is 4.88.